The van der Waals surface area contributed by atoms with Gasteiger partial charge in [-0.15, -0.1) is 0 Å². The van der Waals surface area contributed by atoms with Gasteiger partial charge in [-0.3, -0.25) is 0 Å². The highest BCUT2D eigenvalue weighted by Crippen LogP contribution is 2.33. The van der Waals surface area contributed by atoms with Crippen molar-refractivity contribution in [3.8, 4) is 5.75 Å². The summed E-state index contributed by atoms with van der Waals surface area (Å²) in [5.74, 6) is 0.553. The van der Waals surface area contributed by atoms with Crippen LogP contribution in [-0.2, 0) is 11.2 Å². The van der Waals surface area contributed by atoms with Gasteiger partial charge >= 0.3 is 6.18 Å². The van der Waals surface area contributed by atoms with Crippen LogP contribution in [-0.4, -0.2) is 26.5 Å². The molecule has 0 aromatic heterocycles. The van der Waals surface area contributed by atoms with Gasteiger partial charge in [0.05, 0.1) is 13.2 Å². The van der Waals surface area contributed by atoms with Crippen LogP contribution in [0.3, 0.4) is 0 Å². The van der Waals surface area contributed by atoms with Gasteiger partial charge in [-0.1, -0.05) is 44.2 Å². The van der Waals surface area contributed by atoms with Gasteiger partial charge in [0.15, 0.2) is 0 Å². The highest BCUT2D eigenvalue weighted by Gasteiger charge is 2.25. The van der Waals surface area contributed by atoms with Crippen LogP contribution in [0.4, 0.5) is 17.6 Å². The lowest BCUT2D eigenvalue weighted by atomic mass is 9.97. The summed E-state index contributed by atoms with van der Waals surface area (Å²) in [6.45, 7) is 1.19. The monoisotopic (exact) mass is 464 g/mol. The number of hydrogen-bond donors (Lipinski definition) is 0. The van der Waals surface area contributed by atoms with E-state index in [-0.39, 0.29) is 12.2 Å². The van der Waals surface area contributed by atoms with Gasteiger partial charge in [0.25, 0.3) is 0 Å². The predicted octanol–water partition coefficient (Wildman–Crippen LogP) is 8.38. The van der Waals surface area contributed by atoms with E-state index < -0.39 is 12.6 Å². The smallest absolute Gasteiger partial charge is 0.389 e. The zero-order valence-electron chi connectivity index (χ0n) is 19.1. The van der Waals surface area contributed by atoms with E-state index in [4.69, 9.17) is 9.47 Å². The molecule has 0 unspecified atom stereocenters. The number of ether oxygens (including phenoxy) is 2. The Labute approximate surface area is 192 Å². The summed E-state index contributed by atoms with van der Waals surface area (Å²) in [6.07, 6.45) is 1.60. The quantitative estimate of drug-likeness (QED) is 0.144. The molecule has 0 aliphatic rings. The Morgan fingerprint density at radius 3 is 2.15 bits per heavy atom. The van der Waals surface area contributed by atoms with Crippen molar-refractivity contribution < 1.29 is 27.0 Å². The summed E-state index contributed by atoms with van der Waals surface area (Å²) in [7, 11) is 1.67. The molecule has 0 saturated heterocycles. The highest BCUT2D eigenvalue weighted by atomic mass is 19.4. The molecule has 0 radical (unpaired) electrons. The number of benzene rings is 3. The van der Waals surface area contributed by atoms with Gasteiger partial charge in [-0.05, 0) is 71.3 Å². The average molecular weight is 465 g/mol. The molecule has 0 saturated carbocycles. The van der Waals surface area contributed by atoms with Crippen LogP contribution in [0.1, 0.15) is 56.9 Å². The molecule has 0 spiro atoms. The second-order valence-electron chi connectivity index (χ2n) is 8.54. The molecule has 0 fully saturated rings. The third-order valence-corrected chi connectivity index (χ3v) is 5.92. The number of fused-ring (bicyclic) bond motifs is 2. The summed E-state index contributed by atoms with van der Waals surface area (Å²) < 4.78 is 61.5. The summed E-state index contributed by atoms with van der Waals surface area (Å²) in [5.41, 5.74) is 1.14. The zero-order chi connectivity index (χ0) is 23.7. The minimum Gasteiger partial charge on any atom is -0.493 e. The minimum absolute atomic E-state index is 0.224. The summed E-state index contributed by atoms with van der Waals surface area (Å²) in [5, 5.41) is 3.87. The average Bonchev–Trinajstić information content (AvgIpc) is 2.77. The van der Waals surface area contributed by atoms with Crippen molar-refractivity contribution in [2.75, 3.05) is 20.3 Å². The molecular weight excluding hydrogens is 432 g/mol. The van der Waals surface area contributed by atoms with E-state index in [1.807, 2.05) is 18.2 Å². The van der Waals surface area contributed by atoms with Crippen LogP contribution in [0, 0.1) is 5.82 Å². The van der Waals surface area contributed by atoms with E-state index >= 15 is 0 Å². The molecule has 3 aromatic rings. The number of unbranched alkanes of at least 4 members (excludes halogenated alkanes) is 6. The first-order chi connectivity index (χ1) is 15.9. The van der Waals surface area contributed by atoms with E-state index in [9.17, 15) is 17.6 Å². The van der Waals surface area contributed by atoms with Crippen LogP contribution in [0.15, 0.2) is 42.5 Å². The van der Waals surface area contributed by atoms with Crippen molar-refractivity contribution in [2.24, 2.45) is 0 Å². The SMILES string of the molecule is COCCc1ccc(OCCCCCCCCCC(F)(F)F)c2cc3ccc(F)cc3cc12. The third kappa shape index (κ3) is 7.88. The van der Waals surface area contributed by atoms with Crippen molar-refractivity contribution in [1.82, 2.24) is 0 Å². The largest absolute Gasteiger partial charge is 0.493 e. The van der Waals surface area contributed by atoms with E-state index in [1.165, 1.54) is 6.07 Å². The molecule has 3 rings (SSSR count). The second kappa shape index (κ2) is 12.2. The van der Waals surface area contributed by atoms with Gasteiger partial charge in [-0.25, -0.2) is 4.39 Å². The lowest BCUT2D eigenvalue weighted by Gasteiger charge is -2.14. The van der Waals surface area contributed by atoms with Crippen molar-refractivity contribution in [3.05, 3.63) is 53.8 Å². The van der Waals surface area contributed by atoms with Crippen molar-refractivity contribution in [1.29, 1.82) is 0 Å². The van der Waals surface area contributed by atoms with E-state index in [2.05, 4.69) is 6.07 Å². The molecule has 0 aliphatic carbocycles. The van der Waals surface area contributed by atoms with Crippen molar-refractivity contribution >= 4 is 21.5 Å². The lowest BCUT2D eigenvalue weighted by molar-refractivity contribution is -0.135. The molecule has 0 amide bonds. The fourth-order valence-electron chi connectivity index (χ4n) is 4.14. The predicted molar refractivity (Wildman–Crippen MR) is 125 cm³/mol. The Morgan fingerprint density at radius 1 is 0.727 bits per heavy atom. The van der Waals surface area contributed by atoms with Crippen LogP contribution in [0.2, 0.25) is 0 Å². The summed E-state index contributed by atoms with van der Waals surface area (Å²) in [4.78, 5) is 0. The molecule has 0 atom stereocenters. The molecule has 0 heterocycles. The van der Waals surface area contributed by atoms with Gasteiger partial charge in [0.1, 0.15) is 11.6 Å². The normalized spacial score (nSPS) is 12.0. The first-order valence-electron chi connectivity index (χ1n) is 11.7. The Morgan fingerprint density at radius 2 is 1.42 bits per heavy atom. The van der Waals surface area contributed by atoms with Gasteiger partial charge < -0.3 is 9.47 Å². The highest BCUT2D eigenvalue weighted by molar-refractivity contribution is 6.02. The molecule has 0 bridgehead atoms. The summed E-state index contributed by atoms with van der Waals surface area (Å²) in [6, 6.07) is 12.9. The third-order valence-electron chi connectivity index (χ3n) is 5.92. The maximum Gasteiger partial charge on any atom is 0.389 e. The van der Waals surface area contributed by atoms with Crippen LogP contribution >= 0.6 is 0 Å². The number of hydrogen-bond acceptors (Lipinski definition) is 2. The maximum atomic E-state index is 13.7. The fraction of sp³-hybridized carbons (Fsp3) is 0.481. The molecule has 0 aliphatic heterocycles. The van der Waals surface area contributed by atoms with E-state index in [0.29, 0.717) is 19.6 Å². The Bertz CT molecular complexity index is 1030. The maximum absolute atomic E-state index is 13.7. The Kier molecular flexibility index (Phi) is 9.36. The zero-order valence-corrected chi connectivity index (χ0v) is 19.1. The molecular formula is C27H32F4O2. The topological polar surface area (TPSA) is 18.5 Å². The van der Waals surface area contributed by atoms with Crippen LogP contribution in [0.5, 0.6) is 5.75 Å². The first kappa shape index (κ1) is 25.3. The second-order valence-corrected chi connectivity index (χ2v) is 8.54. The molecule has 33 heavy (non-hydrogen) atoms. The summed E-state index contributed by atoms with van der Waals surface area (Å²) >= 11 is 0. The van der Waals surface area contributed by atoms with Crippen molar-refractivity contribution in [2.45, 2.75) is 64.0 Å². The minimum atomic E-state index is -4.04. The molecule has 0 N–H and O–H groups in total. The van der Waals surface area contributed by atoms with Crippen LogP contribution < -0.4 is 4.74 Å². The van der Waals surface area contributed by atoms with Gasteiger partial charge in [-0.2, -0.15) is 13.2 Å². The van der Waals surface area contributed by atoms with Crippen molar-refractivity contribution in [3.63, 3.8) is 0 Å². The lowest BCUT2D eigenvalue weighted by Crippen LogP contribution is -2.06. The molecule has 3 aromatic carbocycles. The Balaban J connectivity index is 1.55. The first-order valence-corrected chi connectivity index (χ1v) is 11.7. The van der Waals surface area contributed by atoms with E-state index in [0.717, 1.165) is 71.4 Å². The molecule has 180 valence electrons. The standard InChI is InChI=1S/C27H32F4O2/c1-32-16-13-20-10-12-26(25-18-21-9-11-23(28)17-22(21)19-24(20)25)33-15-8-6-4-2-3-5-7-14-27(29,30)31/h9-12,17-19H,2-8,13-16H2,1H3. The number of methoxy groups -OCH3 is 1. The number of alkyl halides is 3. The van der Waals surface area contributed by atoms with Gasteiger partial charge in [0.2, 0.25) is 0 Å². The number of rotatable bonds is 13. The Hall–Kier alpha value is -2.34. The number of halogens is 4. The fourth-order valence-corrected chi connectivity index (χ4v) is 4.14. The van der Waals surface area contributed by atoms with Crippen LogP contribution in [0.25, 0.3) is 21.5 Å². The molecule has 6 heteroatoms. The van der Waals surface area contributed by atoms with E-state index in [1.54, 1.807) is 19.2 Å². The van der Waals surface area contributed by atoms with Gasteiger partial charge in [0, 0.05) is 18.9 Å². The molecule has 2 nitrogen and oxygen atoms in total.